The van der Waals surface area contributed by atoms with E-state index < -0.39 is 11.8 Å². The Bertz CT molecular complexity index is 698. The molecule has 0 bridgehead atoms. The summed E-state index contributed by atoms with van der Waals surface area (Å²) in [6.07, 6.45) is 1.66. The molecule has 0 amide bonds. The van der Waals surface area contributed by atoms with E-state index in [0.717, 1.165) is 5.56 Å². The molecule has 2 rings (SSSR count). The van der Waals surface area contributed by atoms with Crippen LogP contribution in [0.3, 0.4) is 0 Å². The molecule has 2 aromatic carbocycles. The Morgan fingerprint density at radius 2 is 1.48 bits per heavy atom. The molecule has 0 unspecified atom stereocenters. The average molecular weight is 284 g/mol. The minimum Gasteiger partial charge on any atom is -0.478 e. The lowest BCUT2D eigenvalue weighted by Gasteiger charge is -2.02. The molecule has 0 radical (unpaired) electrons. The third-order valence-electron chi connectivity index (χ3n) is 3.01. The minimum absolute atomic E-state index is 0.190. The zero-order chi connectivity index (χ0) is 15.4. The SMILES string of the molecule is C/C(=C\c1ccc(C(=O)O)cc1)C(=O)c1ccc(F)cc1. The number of hydrogen-bond donors (Lipinski definition) is 1. The largest absolute Gasteiger partial charge is 0.478 e. The zero-order valence-electron chi connectivity index (χ0n) is 11.3. The number of hydrogen-bond acceptors (Lipinski definition) is 2. The van der Waals surface area contributed by atoms with Gasteiger partial charge in [-0.2, -0.15) is 0 Å². The lowest BCUT2D eigenvalue weighted by atomic mass is 10.0. The smallest absolute Gasteiger partial charge is 0.335 e. The Morgan fingerprint density at radius 1 is 0.952 bits per heavy atom. The number of ketones is 1. The molecule has 1 N–H and O–H groups in total. The van der Waals surface area contributed by atoms with Crippen molar-refractivity contribution < 1.29 is 19.1 Å². The molecular weight excluding hydrogens is 271 g/mol. The van der Waals surface area contributed by atoms with Gasteiger partial charge >= 0.3 is 5.97 Å². The van der Waals surface area contributed by atoms with Gasteiger partial charge in [0.1, 0.15) is 5.82 Å². The second-order valence-electron chi connectivity index (χ2n) is 4.59. The van der Waals surface area contributed by atoms with E-state index in [2.05, 4.69) is 0 Å². The Labute approximate surface area is 121 Å². The summed E-state index contributed by atoms with van der Waals surface area (Å²) in [6.45, 7) is 1.66. The number of carboxylic acids is 1. The van der Waals surface area contributed by atoms with Gasteiger partial charge in [0.05, 0.1) is 5.56 Å². The van der Waals surface area contributed by atoms with E-state index in [9.17, 15) is 14.0 Å². The first-order chi connectivity index (χ1) is 9.97. The van der Waals surface area contributed by atoms with Crippen LogP contribution in [0, 0.1) is 5.82 Å². The maximum atomic E-state index is 12.8. The van der Waals surface area contributed by atoms with E-state index in [0.29, 0.717) is 11.1 Å². The zero-order valence-corrected chi connectivity index (χ0v) is 11.3. The van der Waals surface area contributed by atoms with Crippen LogP contribution in [0.15, 0.2) is 54.1 Å². The highest BCUT2D eigenvalue weighted by molar-refractivity contribution is 6.10. The summed E-state index contributed by atoms with van der Waals surface area (Å²) in [5.41, 5.74) is 1.82. The van der Waals surface area contributed by atoms with E-state index in [4.69, 9.17) is 5.11 Å². The average Bonchev–Trinajstić information content (AvgIpc) is 2.47. The van der Waals surface area contributed by atoms with E-state index in [1.54, 1.807) is 25.1 Å². The Balaban J connectivity index is 2.21. The summed E-state index contributed by atoms with van der Waals surface area (Å²) in [6, 6.07) is 11.6. The van der Waals surface area contributed by atoms with Crippen LogP contribution in [0.25, 0.3) is 6.08 Å². The second-order valence-corrected chi connectivity index (χ2v) is 4.59. The molecule has 0 atom stereocenters. The molecule has 0 heterocycles. The molecule has 21 heavy (non-hydrogen) atoms. The number of allylic oxidation sites excluding steroid dienone is 1. The van der Waals surface area contributed by atoms with Gasteiger partial charge in [-0.15, -0.1) is 0 Å². The predicted octanol–water partition coefficient (Wildman–Crippen LogP) is 3.81. The molecule has 0 aromatic heterocycles. The minimum atomic E-state index is -0.996. The second kappa shape index (κ2) is 6.13. The fraction of sp³-hybridized carbons (Fsp3) is 0.0588. The summed E-state index contributed by atoms with van der Waals surface area (Å²) in [5, 5.41) is 8.82. The summed E-state index contributed by atoms with van der Waals surface area (Å²) < 4.78 is 12.8. The highest BCUT2D eigenvalue weighted by Crippen LogP contribution is 2.14. The van der Waals surface area contributed by atoms with Crippen molar-refractivity contribution in [3.63, 3.8) is 0 Å². The number of carbonyl (C=O) groups is 2. The molecule has 0 saturated heterocycles. The normalized spacial score (nSPS) is 11.2. The fourth-order valence-corrected chi connectivity index (χ4v) is 1.87. The molecule has 3 nitrogen and oxygen atoms in total. The van der Waals surface area contributed by atoms with Gasteiger partial charge in [-0.25, -0.2) is 9.18 Å². The van der Waals surface area contributed by atoms with Crippen molar-refractivity contribution in [1.29, 1.82) is 0 Å². The molecule has 2 aromatic rings. The first kappa shape index (κ1) is 14.7. The van der Waals surface area contributed by atoms with Gasteiger partial charge in [-0.1, -0.05) is 12.1 Å². The standard InChI is InChI=1S/C17H13FO3/c1-11(16(19)13-6-8-15(18)9-7-13)10-12-2-4-14(5-3-12)17(20)21/h2-10H,1H3,(H,20,21)/b11-10+. The maximum Gasteiger partial charge on any atom is 0.335 e. The first-order valence-electron chi connectivity index (χ1n) is 6.29. The first-order valence-corrected chi connectivity index (χ1v) is 6.29. The number of halogens is 1. The summed E-state index contributed by atoms with van der Waals surface area (Å²) in [7, 11) is 0. The van der Waals surface area contributed by atoms with Gasteiger partial charge in [-0.3, -0.25) is 4.79 Å². The number of rotatable bonds is 4. The molecular formula is C17H13FO3. The van der Waals surface area contributed by atoms with Crippen LogP contribution < -0.4 is 0 Å². The van der Waals surface area contributed by atoms with Crippen LogP contribution in [-0.2, 0) is 0 Å². The van der Waals surface area contributed by atoms with E-state index in [-0.39, 0.29) is 11.3 Å². The Morgan fingerprint density at radius 3 is 2.00 bits per heavy atom. The van der Waals surface area contributed by atoms with Crippen LogP contribution in [-0.4, -0.2) is 16.9 Å². The van der Waals surface area contributed by atoms with Gasteiger partial charge in [0.2, 0.25) is 0 Å². The van der Waals surface area contributed by atoms with Crippen molar-refractivity contribution in [2.45, 2.75) is 6.92 Å². The quantitative estimate of drug-likeness (QED) is 0.686. The van der Waals surface area contributed by atoms with Gasteiger partial charge in [0.25, 0.3) is 0 Å². The molecule has 0 spiro atoms. The van der Waals surface area contributed by atoms with Crippen LogP contribution in [0.5, 0.6) is 0 Å². The fourth-order valence-electron chi connectivity index (χ4n) is 1.87. The lowest BCUT2D eigenvalue weighted by Crippen LogP contribution is -2.00. The monoisotopic (exact) mass is 284 g/mol. The highest BCUT2D eigenvalue weighted by atomic mass is 19.1. The third-order valence-corrected chi connectivity index (χ3v) is 3.01. The molecule has 0 saturated carbocycles. The highest BCUT2D eigenvalue weighted by Gasteiger charge is 2.08. The molecule has 0 aliphatic carbocycles. The maximum absolute atomic E-state index is 12.8. The van der Waals surface area contributed by atoms with Crippen molar-refractivity contribution >= 4 is 17.8 Å². The molecule has 0 aliphatic rings. The van der Waals surface area contributed by atoms with Gasteiger partial charge in [0, 0.05) is 5.56 Å². The van der Waals surface area contributed by atoms with E-state index in [1.165, 1.54) is 36.4 Å². The topological polar surface area (TPSA) is 54.4 Å². The summed E-state index contributed by atoms with van der Waals surface area (Å²) in [5.74, 6) is -1.58. The van der Waals surface area contributed by atoms with Crippen molar-refractivity contribution in [2.75, 3.05) is 0 Å². The molecule has 0 aliphatic heterocycles. The van der Waals surface area contributed by atoms with E-state index in [1.807, 2.05) is 0 Å². The van der Waals surface area contributed by atoms with Crippen LogP contribution in [0.2, 0.25) is 0 Å². The number of benzene rings is 2. The Kier molecular flexibility index (Phi) is 4.28. The Hall–Kier alpha value is -2.75. The van der Waals surface area contributed by atoms with Crippen molar-refractivity contribution in [2.24, 2.45) is 0 Å². The van der Waals surface area contributed by atoms with Gasteiger partial charge in [0.15, 0.2) is 5.78 Å². The third kappa shape index (κ3) is 3.63. The van der Waals surface area contributed by atoms with Gasteiger partial charge in [-0.05, 0) is 60.5 Å². The van der Waals surface area contributed by atoms with Crippen molar-refractivity contribution in [3.05, 3.63) is 76.6 Å². The van der Waals surface area contributed by atoms with Crippen LogP contribution >= 0.6 is 0 Å². The predicted molar refractivity (Wildman–Crippen MR) is 77.8 cm³/mol. The van der Waals surface area contributed by atoms with Crippen LogP contribution in [0.1, 0.15) is 33.2 Å². The lowest BCUT2D eigenvalue weighted by molar-refractivity contribution is 0.0696. The summed E-state index contributed by atoms with van der Waals surface area (Å²) >= 11 is 0. The summed E-state index contributed by atoms with van der Waals surface area (Å²) in [4.78, 5) is 22.9. The molecule has 0 fully saturated rings. The molecule has 106 valence electrons. The van der Waals surface area contributed by atoms with Crippen LogP contribution in [0.4, 0.5) is 4.39 Å². The van der Waals surface area contributed by atoms with Gasteiger partial charge < -0.3 is 5.11 Å². The number of carboxylic acid groups (broad SMARTS) is 1. The number of aromatic carboxylic acids is 1. The number of carbonyl (C=O) groups excluding carboxylic acids is 1. The van der Waals surface area contributed by atoms with Crippen molar-refractivity contribution in [3.8, 4) is 0 Å². The van der Waals surface area contributed by atoms with Crippen molar-refractivity contribution in [1.82, 2.24) is 0 Å². The van der Waals surface area contributed by atoms with E-state index >= 15 is 0 Å². The molecule has 4 heteroatoms. The number of Topliss-reactive ketones (excluding diaryl/α,β-unsaturated/α-hetero) is 1.